The molecule has 1 aliphatic rings. The summed E-state index contributed by atoms with van der Waals surface area (Å²) in [7, 11) is 3.96. The van der Waals surface area contributed by atoms with E-state index in [4.69, 9.17) is 0 Å². The highest BCUT2D eigenvalue weighted by atomic mass is 19.1. The van der Waals surface area contributed by atoms with E-state index < -0.39 is 6.30 Å². The Bertz CT molecular complexity index is 798. The predicted molar refractivity (Wildman–Crippen MR) is 88.2 cm³/mol. The van der Waals surface area contributed by atoms with E-state index in [2.05, 4.69) is 28.4 Å². The van der Waals surface area contributed by atoms with Crippen LogP contribution in [0.25, 0.3) is 6.08 Å². The van der Waals surface area contributed by atoms with Crippen LogP contribution < -0.4 is 10.7 Å². The number of alkyl halides is 1. The summed E-state index contributed by atoms with van der Waals surface area (Å²) in [6.45, 7) is 5.90. The molecule has 0 aliphatic carbocycles. The molecule has 22 heavy (non-hydrogen) atoms. The summed E-state index contributed by atoms with van der Waals surface area (Å²) in [6, 6.07) is 1.88. The topological polar surface area (TPSA) is 31.4 Å². The monoisotopic (exact) mass is 297 g/mol. The van der Waals surface area contributed by atoms with E-state index in [9.17, 15) is 4.39 Å². The molecule has 114 valence electrons. The lowest BCUT2D eigenvalue weighted by Crippen LogP contribution is -2.28. The summed E-state index contributed by atoms with van der Waals surface area (Å²) in [4.78, 5) is 8.95. The van der Waals surface area contributed by atoms with Gasteiger partial charge in [0.2, 0.25) is 0 Å². The number of aromatic nitrogens is 1. The zero-order chi connectivity index (χ0) is 16.1. The van der Waals surface area contributed by atoms with Crippen LogP contribution in [0, 0.1) is 11.8 Å². The fourth-order valence-corrected chi connectivity index (χ4v) is 2.09. The van der Waals surface area contributed by atoms with Gasteiger partial charge in [0.15, 0.2) is 6.30 Å². The summed E-state index contributed by atoms with van der Waals surface area (Å²) in [5, 5.41) is 0.906. The van der Waals surface area contributed by atoms with Gasteiger partial charge in [-0.1, -0.05) is 24.7 Å². The second-order valence-electron chi connectivity index (χ2n) is 5.21. The van der Waals surface area contributed by atoms with Gasteiger partial charge in [0.1, 0.15) is 5.49 Å². The number of hydrogen-bond donors (Lipinski definition) is 1. The number of allylic oxidation sites excluding steroid dienone is 4. The fourth-order valence-electron chi connectivity index (χ4n) is 2.09. The van der Waals surface area contributed by atoms with Gasteiger partial charge in [0.25, 0.3) is 0 Å². The standard InChI is InChI=1S/C18H20FN3/c1-5-16(22(3)4)10-7-13(2)6-9-15-12-14-8-11-17(19)21-18(14)20-15/h5,7-8,10,12,17H,2,11H2,1,3-4H3,(H,20,21)/b10-7-,16-5+. The Morgan fingerprint density at radius 2 is 2.27 bits per heavy atom. The van der Waals surface area contributed by atoms with Crippen LogP contribution >= 0.6 is 0 Å². The Labute approximate surface area is 130 Å². The second kappa shape index (κ2) is 6.95. The third-order valence-corrected chi connectivity index (χ3v) is 3.25. The van der Waals surface area contributed by atoms with Crippen molar-refractivity contribution in [1.29, 1.82) is 0 Å². The molecule has 0 fully saturated rings. The highest BCUT2D eigenvalue weighted by Crippen LogP contribution is 2.03. The molecule has 0 amide bonds. The maximum Gasteiger partial charge on any atom is 0.195 e. The lowest BCUT2D eigenvalue weighted by Gasteiger charge is -2.12. The van der Waals surface area contributed by atoms with Crippen LogP contribution in [0.3, 0.4) is 0 Å². The van der Waals surface area contributed by atoms with Gasteiger partial charge in [0, 0.05) is 37.0 Å². The number of fused-ring (bicyclic) bond motifs is 1. The Hall–Kier alpha value is -2.54. The number of likely N-dealkylation sites (N-methyl/N-ethyl adjacent to an activating group) is 1. The first-order valence-electron chi connectivity index (χ1n) is 7.13. The first-order chi connectivity index (χ1) is 10.5. The van der Waals surface area contributed by atoms with Gasteiger partial charge in [-0.3, -0.25) is 0 Å². The van der Waals surface area contributed by atoms with Crippen molar-refractivity contribution in [2.24, 2.45) is 4.99 Å². The number of H-pyrrole nitrogens is 1. The lowest BCUT2D eigenvalue weighted by atomic mass is 10.2. The first-order valence-corrected chi connectivity index (χ1v) is 7.13. The van der Waals surface area contributed by atoms with Crippen molar-refractivity contribution in [3.05, 3.63) is 58.5 Å². The highest BCUT2D eigenvalue weighted by molar-refractivity contribution is 5.43. The zero-order valence-electron chi connectivity index (χ0n) is 13.2. The van der Waals surface area contributed by atoms with Crippen molar-refractivity contribution < 1.29 is 4.39 Å². The largest absolute Gasteiger partial charge is 0.378 e. The molecule has 1 N–H and O–H groups in total. The zero-order valence-corrected chi connectivity index (χ0v) is 13.2. The van der Waals surface area contributed by atoms with Gasteiger partial charge >= 0.3 is 0 Å². The van der Waals surface area contributed by atoms with Gasteiger partial charge in [-0.05, 0) is 31.1 Å². The number of rotatable bonds is 3. The van der Waals surface area contributed by atoms with Gasteiger partial charge in [-0.2, -0.15) is 0 Å². The maximum absolute atomic E-state index is 13.2. The lowest BCUT2D eigenvalue weighted by molar-refractivity contribution is 0.344. The summed E-state index contributed by atoms with van der Waals surface area (Å²) >= 11 is 0. The maximum atomic E-state index is 13.2. The molecule has 2 rings (SSSR count). The number of aromatic amines is 1. The SMILES string of the molecule is C=C(C#Cc1cc2c([nH]1)=NC(F)CC=2)/C=C\C(=C/C)N(C)C. The third kappa shape index (κ3) is 3.98. The van der Waals surface area contributed by atoms with Gasteiger partial charge < -0.3 is 9.88 Å². The molecule has 3 nitrogen and oxygen atoms in total. The molecular weight excluding hydrogens is 277 g/mol. The second-order valence-corrected chi connectivity index (χ2v) is 5.21. The van der Waals surface area contributed by atoms with Crippen molar-refractivity contribution >= 4 is 6.08 Å². The van der Waals surface area contributed by atoms with E-state index in [1.807, 2.05) is 56.3 Å². The van der Waals surface area contributed by atoms with E-state index in [0.29, 0.717) is 23.2 Å². The third-order valence-electron chi connectivity index (χ3n) is 3.25. The van der Waals surface area contributed by atoms with Crippen molar-refractivity contribution in [3.63, 3.8) is 0 Å². The smallest absolute Gasteiger partial charge is 0.195 e. The average molecular weight is 297 g/mol. The molecule has 1 aliphatic heterocycles. The first kappa shape index (κ1) is 15.8. The van der Waals surface area contributed by atoms with Crippen molar-refractivity contribution in [2.45, 2.75) is 19.6 Å². The van der Waals surface area contributed by atoms with E-state index in [1.54, 1.807) is 0 Å². The van der Waals surface area contributed by atoms with Crippen LogP contribution in [0.2, 0.25) is 0 Å². The molecule has 0 bridgehead atoms. The molecule has 1 aromatic rings. The van der Waals surface area contributed by atoms with Crippen LogP contribution in [-0.2, 0) is 0 Å². The van der Waals surface area contributed by atoms with Crippen LogP contribution in [-0.4, -0.2) is 30.3 Å². The number of nitrogens with zero attached hydrogens (tertiary/aromatic N) is 2. The molecular formula is C18H20FN3. The fraction of sp³-hybridized carbons (Fsp3) is 0.278. The molecule has 0 radical (unpaired) electrons. The van der Waals surface area contributed by atoms with Crippen LogP contribution in [0.5, 0.6) is 0 Å². The minimum absolute atomic E-state index is 0.323. The van der Waals surface area contributed by atoms with E-state index in [1.165, 1.54) is 0 Å². The van der Waals surface area contributed by atoms with Crippen LogP contribution in [0.15, 0.2) is 47.1 Å². The van der Waals surface area contributed by atoms with Crippen LogP contribution in [0.4, 0.5) is 4.39 Å². The van der Waals surface area contributed by atoms with E-state index in [0.717, 1.165) is 10.9 Å². The summed E-state index contributed by atoms with van der Waals surface area (Å²) < 4.78 is 13.2. The Balaban J connectivity index is 2.13. The molecule has 0 spiro atoms. The molecule has 0 saturated carbocycles. The minimum atomic E-state index is -1.16. The molecule has 4 heteroatoms. The summed E-state index contributed by atoms with van der Waals surface area (Å²) in [5.74, 6) is 5.98. The molecule has 0 aromatic carbocycles. The molecule has 1 atom stereocenters. The minimum Gasteiger partial charge on any atom is -0.378 e. The number of halogens is 1. The van der Waals surface area contributed by atoms with Crippen LogP contribution in [0.1, 0.15) is 19.0 Å². The van der Waals surface area contributed by atoms with Crippen molar-refractivity contribution in [2.75, 3.05) is 14.1 Å². The number of nitrogens with one attached hydrogen (secondary N) is 1. The van der Waals surface area contributed by atoms with Crippen molar-refractivity contribution in [1.82, 2.24) is 9.88 Å². The Morgan fingerprint density at radius 3 is 2.95 bits per heavy atom. The molecule has 1 unspecified atom stereocenters. The average Bonchev–Trinajstić information content (AvgIpc) is 2.87. The van der Waals surface area contributed by atoms with E-state index in [-0.39, 0.29) is 0 Å². The summed E-state index contributed by atoms with van der Waals surface area (Å²) in [5.41, 5.74) is 3.07. The van der Waals surface area contributed by atoms with Gasteiger partial charge in [-0.25, -0.2) is 9.38 Å². The Morgan fingerprint density at radius 1 is 1.50 bits per heavy atom. The highest BCUT2D eigenvalue weighted by Gasteiger charge is 2.07. The molecule has 1 aromatic heterocycles. The predicted octanol–water partition coefficient (Wildman–Crippen LogP) is 2.04. The molecule has 0 saturated heterocycles. The van der Waals surface area contributed by atoms with Gasteiger partial charge in [-0.15, -0.1) is 0 Å². The quantitative estimate of drug-likeness (QED) is 0.517. The summed E-state index contributed by atoms with van der Waals surface area (Å²) in [6.07, 6.45) is 6.85. The Kier molecular flexibility index (Phi) is 5.00. The molecule has 2 heterocycles. The van der Waals surface area contributed by atoms with Gasteiger partial charge in [0.05, 0.1) is 5.69 Å². The normalized spacial score (nSPS) is 17.1. The van der Waals surface area contributed by atoms with E-state index >= 15 is 0 Å². The number of hydrogen-bond acceptors (Lipinski definition) is 2. The van der Waals surface area contributed by atoms with Crippen molar-refractivity contribution in [3.8, 4) is 11.8 Å².